The highest BCUT2D eigenvalue weighted by atomic mass is 16.5. The number of fused-ring (bicyclic) bond motifs is 2. The normalized spacial score (nSPS) is 12.0. The molecule has 0 aliphatic rings. The molecule has 2 heterocycles. The smallest absolute Gasteiger partial charge is 0.326 e. The zero-order valence-corrected chi connectivity index (χ0v) is 19.8. The van der Waals surface area contributed by atoms with Crippen LogP contribution < -0.4 is 16.1 Å². The Balaban J connectivity index is 1.68. The van der Waals surface area contributed by atoms with Crippen LogP contribution in [0.2, 0.25) is 0 Å². The van der Waals surface area contributed by atoms with Crippen LogP contribution in [-0.2, 0) is 18.5 Å². The molecule has 34 heavy (non-hydrogen) atoms. The van der Waals surface area contributed by atoms with Crippen LogP contribution in [0.15, 0.2) is 70.3 Å². The SMILES string of the molecule is COc1c(Cn2c(=O)[nH]c3ccccc32)cc(C(C)(C)C)cc1Cn1c(=O)[nH]c2ccccc21. The summed E-state index contributed by atoms with van der Waals surface area (Å²) in [5.74, 6) is 0.683. The van der Waals surface area contributed by atoms with Crippen molar-refractivity contribution in [1.82, 2.24) is 19.1 Å². The topological polar surface area (TPSA) is 84.8 Å². The molecule has 2 aromatic heterocycles. The van der Waals surface area contributed by atoms with Gasteiger partial charge in [0, 0.05) is 11.1 Å². The van der Waals surface area contributed by atoms with Crippen LogP contribution in [0.5, 0.6) is 5.75 Å². The molecule has 7 heteroatoms. The first-order valence-electron chi connectivity index (χ1n) is 11.3. The maximum absolute atomic E-state index is 12.8. The molecule has 0 amide bonds. The van der Waals surface area contributed by atoms with E-state index in [4.69, 9.17) is 4.74 Å². The monoisotopic (exact) mass is 456 g/mol. The van der Waals surface area contributed by atoms with E-state index in [-0.39, 0.29) is 16.8 Å². The Morgan fingerprint density at radius 3 is 1.62 bits per heavy atom. The van der Waals surface area contributed by atoms with Gasteiger partial charge in [0.15, 0.2) is 0 Å². The molecule has 0 fully saturated rings. The second kappa shape index (κ2) is 8.09. The summed E-state index contributed by atoms with van der Waals surface area (Å²) in [6, 6.07) is 19.5. The quantitative estimate of drug-likeness (QED) is 0.412. The zero-order valence-electron chi connectivity index (χ0n) is 19.8. The highest BCUT2D eigenvalue weighted by Crippen LogP contribution is 2.33. The average molecular weight is 457 g/mol. The first-order chi connectivity index (χ1) is 16.3. The van der Waals surface area contributed by atoms with Crippen LogP contribution in [0.3, 0.4) is 0 Å². The van der Waals surface area contributed by atoms with Crippen molar-refractivity contribution < 1.29 is 4.74 Å². The van der Waals surface area contributed by atoms with Gasteiger partial charge in [-0.05, 0) is 47.4 Å². The highest BCUT2D eigenvalue weighted by molar-refractivity contribution is 5.76. The molecule has 0 aliphatic heterocycles. The molecule has 2 N–H and O–H groups in total. The average Bonchev–Trinajstić information content (AvgIpc) is 3.29. The Morgan fingerprint density at radius 2 is 1.21 bits per heavy atom. The fourth-order valence-corrected chi connectivity index (χ4v) is 4.55. The van der Waals surface area contributed by atoms with Crippen LogP contribution in [0.4, 0.5) is 0 Å². The first kappa shape index (κ1) is 21.8. The fraction of sp³-hybridized carbons (Fsp3) is 0.259. The number of hydrogen-bond donors (Lipinski definition) is 2. The van der Waals surface area contributed by atoms with Crippen molar-refractivity contribution in [2.24, 2.45) is 0 Å². The Morgan fingerprint density at radius 1 is 0.765 bits per heavy atom. The van der Waals surface area contributed by atoms with Gasteiger partial charge in [-0.1, -0.05) is 45.0 Å². The summed E-state index contributed by atoms with van der Waals surface area (Å²) in [7, 11) is 1.63. The molecule has 3 aromatic carbocycles. The molecule has 0 spiro atoms. The van der Waals surface area contributed by atoms with Gasteiger partial charge < -0.3 is 14.7 Å². The Bertz CT molecular complexity index is 1510. The van der Waals surface area contributed by atoms with E-state index in [1.54, 1.807) is 16.2 Å². The summed E-state index contributed by atoms with van der Waals surface area (Å²) in [5.41, 5.74) is 5.70. The van der Waals surface area contributed by atoms with E-state index in [2.05, 4.69) is 42.9 Å². The highest BCUT2D eigenvalue weighted by Gasteiger charge is 2.22. The fourth-order valence-electron chi connectivity index (χ4n) is 4.55. The van der Waals surface area contributed by atoms with Gasteiger partial charge in [0.05, 0.1) is 42.3 Å². The second-order valence-corrected chi connectivity index (χ2v) is 9.64. The second-order valence-electron chi connectivity index (χ2n) is 9.64. The molecular formula is C27H28N4O3. The van der Waals surface area contributed by atoms with Gasteiger partial charge in [0.25, 0.3) is 0 Å². The van der Waals surface area contributed by atoms with E-state index in [1.807, 2.05) is 48.5 Å². The van der Waals surface area contributed by atoms with Crippen molar-refractivity contribution in [2.45, 2.75) is 39.3 Å². The summed E-state index contributed by atoms with van der Waals surface area (Å²) in [6.45, 7) is 7.16. The van der Waals surface area contributed by atoms with Crippen LogP contribution in [0.1, 0.15) is 37.5 Å². The minimum atomic E-state index is -0.168. The maximum atomic E-state index is 12.8. The van der Waals surface area contributed by atoms with E-state index in [0.717, 1.165) is 38.8 Å². The van der Waals surface area contributed by atoms with Crippen molar-refractivity contribution in [2.75, 3.05) is 7.11 Å². The van der Waals surface area contributed by atoms with Gasteiger partial charge in [-0.25, -0.2) is 9.59 Å². The number of para-hydroxylation sites is 4. The number of rotatable bonds is 5. The Hall–Kier alpha value is -4.00. The third-order valence-corrected chi connectivity index (χ3v) is 6.33. The molecular weight excluding hydrogens is 428 g/mol. The number of H-pyrrole nitrogens is 2. The first-order valence-corrected chi connectivity index (χ1v) is 11.3. The largest absolute Gasteiger partial charge is 0.496 e. The predicted octanol–water partition coefficient (Wildman–Crippen LogP) is 4.38. The summed E-state index contributed by atoms with van der Waals surface area (Å²) >= 11 is 0. The molecule has 0 bridgehead atoms. The Kier molecular flexibility index (Phi) is 5.20. The summed E-state index contributed by atoms with van der Waals surface area (Å²) in [4.78, 5) is 31.4. The van der Waals surface area contributed by atoms with Gasteiger partial charge in [-0.15, -0.1) is 0 Å². The third-order valence-electron chi connectivity index (χ3n) is 6.33. The lowest BCUT2D eigenvalue weighted by Crippen LogP contribution is -2.21. The lowest BCUT2D eigenvalue weighted by molar-refractivity contribution is 0.401. The number of aromatic amines is 2. The lowest BCUT2D eigenvalue weighted by Gasteiger charge is -2.24. The van der Waals surface area contributed by atoms with Crippen LogP contribution in [0, 0.1) is 0 Å². The van der Waals surface area contributed by atoms with Crippen molar-refractivity contribution in [3.63, 3.8) is 0 Å². The van der Waals surface area contributed by atoms with E-state index >= 15 is 0 Å². The summed E-state index contributed by atoms with van der Waals surface area (Å²) < 4.78 is 9.34. The Labute approximate surface area is 196 Å². The number of aromatic nitrogens is 4. The van der Waals surface area contributed by atoms with Crippen LogP contribution in [0.25, 0.3) is 22.1 Å². The molecule has 7 nitrogen and oxygen atoms in total. The van der Waals surface area contributed by atoms with Crippen molar-refractivity contribution >= 4 is 22.1 Å². The molecule has 174 valence electrons. The summed E-state index contributed by atoms with van der Waals surface area (Å²) in [6.07, 6.45) is 0. The van der Waals surface area contributed by atoms with E-state index in [9.17, 15) is 9.59 Å². The molecule has 0 atom stereocenters. The maximum Gasteiger partial charge on any atom is 0.326 e. The number of methoxy groups -OCH3 is 1. The van der Waals surface area contributed by atoms with E-state index in [1.165, 1.54) is 0 Å². The minimum Gasteiger partial charge on any atom is -0.496 e. The number of hydrogen-bond acceptors (Lipinski definition) is 3. The molecule has 0 saturated carbocycles. The van der Waals surface area contributed by atoms with Crippen molar-refractivity contribution in [1.29, 1.82) is 0 Å². The standard InChI is InChI=1S/C27H28N4O3/c1-27(2,3)19-13-17(15-30-22-11-7-5-9-20(22)28-25(30)32)24(34-4)18(14-19)16-31-23-12-8-6-10-21(23)29-26(31)33/h5-14H,15-16H2,1-4H3,(H,28,32)(H,29,33). The number of benzene rings is 3. The number of ether oxygens (including phenoxy) is 1. The lowest BCUT2D eigenvalue weighted by atomic mass is 9.84. The molecule has 0 saturated heterocycles. The third kappa shape index (κ3) is 3.73. The van der Waals surface area contributed by atoms with Gasteiger partial charge in [0.1, 0.15) is 5.75 Å². The van der Waals surface area contributed by atoms with Crippen LogP contribution >= 0.6 is 0 Å². The van der Waals surface area contributed by atoms with Gasteiger partial charge >= 0.3 is 11.4 Å². The summed E-state index contributed by atoms with van der Waals surface area (Å²) in [5, 5.41) is 0. The number of nitrogens with one attached hydrogen (secondary N) is 2. The van der Waals surface area contributed by atoms with Crippen molar-refractivity contribution in [3.8, 4) is 5.75 Å². The number of imidazole rings is 2. The number of nitrogens with zero attached hydrogens (tertiary/aromatic N) is 2. The molecule has 5 rings (SSSR count). The minimum absolute atomic E-state index is 0.133. The molecule has 5 aromatic rings. The van der Waals surface area contributed by atoms with Gasteiger partial charge in [-0.2, -0.15) is 0 Å². The molecule has 0 aliphatic carbocycles. The van der Waals surface area contributed by atoms with Gasteiger partial charge in [-0.3, -0.25) is 9.13 Å². The van der Waals surface area contributed by atoms with Gasteiger partial charge in [0.2, 0.25) is 0 Å². The van der Waals surface area contributed by atoms with Crippen molar-refractivity contribution in [3.05, 3.63) is 98.3 Å². The molecule has 0 unspecified atom stereocenters. The molecule has 0 radical (unpaired) electrons. The van der Waals surface area contributed by atoms with Crippen LogP contribution in [-0.4, -0.2) is 26.2 Å². The van der Waals surface area contributed by atoms with E-state index < -0.39 is 0 Å². The van der Waals surface area contributed by atoms with E-state index in [0.29, 0.717) is 18.8 Å². The zero-order chi connectivity index (χ0) is 24.0. The predicted molar refractivity (Wildman–Crippen MR) is 135 cm³/mol.